The van der Waals surface area contributed by atoms with E-state index in [9.17, 15) is 20.0 Å². The minimum absolute atomic E-state index is 0.0326. The van der Waals surface area contributed by atoms with Crippen LogP contribution in [0.15, 0.2) is 12.1 Å². The standard InChI is InChI=1S/C12H15NO6/c1-7-5-10(8(2)4-9(7)13(17)18)19-6-12(3,16)11(14)15/h4-5,16H,6H2,1-3H3,(H,14,15). The number of nitro groups is 1. The maximum Gasteiger partial charge on any atom is 0.339 e. The van der Waals surface area contributed by atoms with Crippen LogP contribution in [0.4, 0.5) is 5.69 Å². The summed E-state index contributed by atoms with van der Waals surface area (Å²) in [6, 6.07) is 2.80. The Morgan fingerprint density at radius 1 is 1.42 bits per heavy atom. The van der Waals surface area contributed by atoms with Gasteiger partial charge in [-0.2, -0.15) is 0 Å². The fourth-order valence-corrected chi connectivity index (χ4v) is 1.41. The summed E-state index contributed by atoms with van der Waals surface area (Å²) in [7, 11) is 0. The molecule has 1 atom stereocenters. The summed E-state index contributed by atoms with van der Waals surface area (Å²) in [6.45, 7) is 3.83. The Kier molecular flexibility index (Phi) is 4.10. The van der Waals surface area contributed by atoms with Crippen molar-refractivity contribution in [3.63, 3.8) is 0 Å². The van der Waals surface area contributed by atoms with Gasteiger partial charge in [0.15, 0.2) is 5.60 Å². The second kappa shape index (κ2) is 5.23. The summed E-state index contributed by atoms with van der Waals surface area (Å²) < 4.78 is 5.23. The molecule has 0 aliphatic rings. The molecule has 1 aromatic carbocycles. The Labute approximate surface area is 109 Å². The van der Waals surface area contributed by atoms with Crippen LogP contribution < -0.4 is 4.74 Å². The summed E-state index contributed by atoms with van der Waals surface area (Å²) in [5.74, 6) is -1.09. The largest absolute Gasteiger partial charge is 0.490 e. The van der Waals surface area contributed by atoms with E-state index in [0.29, 0.717) is 16.9 Å². The van der Waals surface area contributed by atoms with Crippen molar-refractivity contribution >= 4 is 11.7 Å². The van der Waals surface area contributed by atoms with Gasteiger partial charge in [0.2, 0.25) is 0 Å². The van der Waals surface area contributed by atoms with Gasteiger partial charge in [-0.3, -0.25) is 10.1 Å². The van der Waals surface area contributed by atoms with Crippen LogP contribution in [0.1, 0.15) is 18.1 Å². The number of carbonyl (C=O) groups is 1. The van der Waals surface area contributed by atoms with Gasteiger partial charge in [-0.1, -0.05) is 0 Å². The predicted molar refractivity (Wildman–Crippen MR) is 66.3 cm³/mol. The molecule has 0 bridgehead atoms. The van der Waals surface area contributed by atoms with Crippen molar-refractivity contribution in [3.8, 4) is 5.75 Å². The van der Waals surface area contributed by atoms with Crippen molar-refractivity contribution in [2.24, 2.45) is 0 Å². The van der Waals surface area contributed by atoms with Crippen molar-refractivity contribution in [1.29, 1.82) is 0 Å². The maximum atomic E-state index is 10.7. The van der Waals surface area contributed by atoms with E-state index in [-0.39, 0.29) is 5.69 Å². The number of nitrogens with zero attached hydrogens (tertiary/aromatic N) is 1. The molecule has 0 heterocycles. The van der Waals surface area contributed by atoms with Crippen LogP contribution in [0.2, 0.25) is 0 Å². The summed E-state index contributed by atoms with van der Waals surface area (Å²) in [4.78, 5) is 21.0. The minimum atomic E-state index is -2.01. The fraction of sp³-hybridized carbons (Fsp3) is 0.417. The molecule has 0 fully saturated rings. The zero-order valence-electron chi connectivity index (χ0n) is 10.8. The van der Waals surface area contributed by atoms with Gasteiger partial charge in [-0.05, 0) is 32.4 Å². The number of hydrogen-bond donors (Lipinski definition) is 2. The summed E-state index contributed by atoms with van der Waals surface area (Å²) >= 11 is 0. The number of carboxylic acid groups (broad SMARTS) is 1. The molecule has 1 unspecified atom stereocenters. The molecule has 7 nitrogen and oxygen atoms in total. The molecule has 1 aromatic rings. The Morgan fingerprint density at radius 2 is 2.00 bits per heavy atom. The topological polar surface area (TPSA) is 110 Å². The first-order valence-corrected chi connectivity index (χ1v) is 5.49. The van der Waals surface area contributed by atoms with Crippen molar-refractivity contribution in [2.45, 2.75) is 26.4 Å². The lowest BCUT2D eigenvalue weighted by atomic mass is 10.1. The lowest BCUT2D eigenvalue weighted by Crippen LogP contribution is -2.41. The molecule has 0 aromatic heterocycles. The molecule has 0 aliphatic heterocycles. The van der Waals surface area contributed by atoms with Crippen LogP contribution in [-0.2, 0) is 4.79 Å². The Bertz CT molecular complexity index is 523. The van der Waals surface area contributed by atoms with Gasteiger partial charge in [0.1, 0.15) is 12.4 Å². The van der Waals surface area contributed by atoms with Crippen LogP contribution in [0.3, 0.4) is 0 Å². The van der Waals surface area contributed by atoms with Gasteiger partial charge in [0, 0.05) is 11.6 Å². The lowest BCUT2D eigenvalue weighted by Gasteiger charge is -2.19. The number of hydrogen-bond acceptors (Lipinski definition) is 5. The number of aliphatic carboxylic acids is 1. The number of ether oxygens (including phenoxy) is 1. The molecule has 0 amide bonds. The third-order valence-corrected chi connectivity index (χ3v) is 2.66. The second-order valence-electron chi connectivity index (χ2n) is 4.53. The highest BCUT2D eigenvalue weighted by Crippen LogP contribution is 2.28. The molecule has 2 N–H and O–H groups in total. The first-order valence-electron chi connectivity index (χ1n) is 5.49. The van der Waals surface area contributed by atoms with E-state index in [1.807, 2.05) is 0 Å². The van der Waals surface area contributed by atoms with Crippen LogP contribution in [-0.4, -0.2) is 33.3 Å². The highest BCUT2D eigenvalue weighted by Gasteiger charge is 2.31. The number of rotatable bonds is 5. The lowest BCUT2D eigenvalue weighted by molar-refractivity contribution is -0.385. The molecule has 0 saturated carbocycles. The van der Waals surface area contributed by atoms with Crippen molar-refractivity contribution in [2.75, 3.05) is 6.61 Å². The summed E-state index contributed by atoms with van der Waals surface area (Å²) in [5, 5.41) is 29.0. The molecular weight excluding hydrogens is 254 g/mol. The normalized spacial score (nSPS) is 13.7. The molecule has 0 radical (unpaired) electrons. The van der Waals surface area contributed by atoms with Crippen molar-refractivity contribution < 1.29 is 24.7 Å². The van der Waals surface area contributed by atoms with E-state index >= 15 is 0 Å². The fourth-order valence-electron chi connectivity index (χ4n) is 1.41. The third-order valence-electron chi connectivity index (χ3n) is 2.66. The van der Waals surface area contributed by atoms with Crippen LogP contribution in [0, 0.1) is 24.0 Å². The van der Waals surface area contributed by atoms with Gasteiger partial charge < -0.3 is 14.9 Å². The van der Waals surface area contributed by atoms with Gasteiger partial charge >= 0.3 is 5.97 Å². The Morgan fingerprint density at radius 3 is 2.47 bits per heavy atom. The number of benzene rings is 1. The SMILES string of the molecule is Cc1cc([N+](=O)[O-])c(C)cc1OCC(C)(O)C(=O)O. The molecular formula is C12H15NO6. The smallest absolute Gasteiger partial charge is 0.339 e. The van der Waals surface area contributed by atoms with E-state index < -0.39 is 23.1 Å². The number of aliphatic hydroxyl groups is 1. The van der Waals surface area contributed by atoms with E-state index in [4.69, 9.17) is 9.84 Å². The highest BCUT2D eigenvalue weighted by atomic mass is 16.6. The number of carboxylic acids is 1. The van der Waals surface area contributed by atoms with Gasteiger partial charge in [-0.15, -0.1) is 0 Å². The van der Waals surface area contributed by atoms with E-state index in [0.717, 1.165) is 6.92 Å². The number of aryl methyl sites for hydroxylation is 2. The maximum absolute atomic E-state index is 10.7. The number of nitro benzene ring substituents is 1. The quantitative estimate of drug-likeness (QED) is 0.618. The Balaban J connectivity index is 2.95. The van der Waals surface area contributed by atoms with Crippen LogP contribution >= 0.6 is 0 Å². The molecule has 1 rings (SSSR count). The predicted octanol–water partition coefficient (Wildman–Crippen LogP) is 1.43. The van der Waals surface area contributed by atoms with E-state index in [1.54, 1.807) is 13.8 Å². The average Bonchev–Trinajstić information content (AvgIpc) is 2.29. The van der Waals surface area contributed by atoms with Gasteiger partial charge in [-0.25, -0.2) is 4.79 Å². The molecule has 0 saturated heterocycles. The summed E-state index contributed by atoms with van der Waals surface area (Å²) in [5.41, 5.74) is -1.14. The summed E-state index contributed by atoms with van der Waals surface area (Å²) in [6.07, 6.45) is 0. The van der Waals surface area contributed by atoms with Crippen molar-refractivity contribution in [3.05, 3.63) is 33.4 Å². The second-order valence-corrected chi connectivity index (χ2v) is 4.53. The zero-order chi connectivity index (χ0) is 14.8. The highest BCUT2D eigenvalue weighted by molar-refractivity contribution is 5.76. The van der Waals surface area contributed by atoms with Crippen LogP contribution in [0.5, 0.6) is 5.75 Å². The first-order chi connectivity index (χ1) is 8.65. The van der Waals surface area contributed by atoms with Gasteiger partial charge in [0.25, 0.3) is 5.69 Å². The molecule has 0 spiro atoms. The monoisotopic (exact) mass is 269 g/mol. The Hall–Kier alpha value is -2.15. The third kappa shape index (κ3) is 3.41. The zero-order valence-corrected chi connectivity index (χ0v) is 10.8. The molecule has 104 valence electrons. The minimum Gasteiger partial charge on any atom is -0.490 e. The van der Waals surface area contributed by atoms with Gasteiger partial charge in [0.05, 0.1) is 4.92 Å². The van der Waals surface area contributed by atoms with E-state index in [1.165, 1.54) is 12.1 Å². The molecule has 0 aliphatic carbocycles. The first kappa shape index (κ1) is 14.9. The van der Waals surface area contributed by atoms with Crippen LogP contribution in [0.25, 0.3) is 0 Å². The molecule has 7 heteroatoms. The van der Waals surface area contributed by atoms with E-state index in [2.05, 4.69) is 0 Å². The molecule has 19 heavy (non-hydrogen) atoms. The average molecular weight is 269 g/mol. The van der Waals surface area contributed by atoms with Crippen molar-refractivity contribution in [1.82, 2.24) is 0 Å².